The van der Waals surface area contributed by atoms with Crippen molar-refractivity contribution in [1.82, 2.24) is 15.1 Å². The minimum atomic E-state index is -0.462. The standard InChI is InChI=1S/C13H19ClN4O2/c1-3-6-18-13(20)11(14)10(7-15-18)16-8(2)12(19)17-9-4-5-9/h7-9,16H,3-6H2,1-2H3,(H,17,19). The van der Waals surface area contributed by atoms with Crippen LogP contribution in [0.2, 0.25) is 5.02 Å². The predicted octanol–water partition coefficient (Wildman–Crippen LogP) is 1.39. The van der Waals surface area contributed by atoms with Gasteiger partial charge in [0.25, 0.3) is 5.56 Å². The molecule has 1 aromatic heterocycles. The zero-order chi connectivity index (χ0) is 14.7. The van der Waals surface area contributed by atoms with E-state index in [1.807, 2.05) is 6.92 Å². The van der Waals surface area contributed by atoms with Crippen LogP contribution in [0, 0.1) is 0 Å². The summed E-state index contributed by atoms with van der Waals surface area (Å²) in [6.45, 7) is 4.21. The van der Waals surface area contributed by atoms with Gasteiger partial charge in [0.1, 0.15) is 11.1 Å². The third-order valence-electron chi connectivity index (χ3n) is 3.11. The van der Waals surface area contributed by atoms with Crippen molar-refractivity contribution in [3.05, 3.63) is 21.6 Å². The predicted molar refractivity (Wildman–Crippen MR) is 78.0 cm³/mol. The number of amides is 1. The molecule has 1 aromatic rings. The summed E-state index contributed by atoms with van der Waals surface area (Å²) < 4.78 is 1.32. The van der Waals surface area contributed by atoms with Crippen molar-refractivity contribution in [2.75, 3.05) is 5.32 Å². The molecular formula is C13H19ClN4O2. The van der Waals surface area contributed by atoms with Crippen molar-refractivity contribution in [2.24, 2.45) is 0 Å². The minimum Gasteiger partial charge on any atom is -0.371 e. The minimum absolute atomic E-state index is 0.0690. The number of nitrogens with one attached hydrogen (secondary N) is 2. The molecule has 0 saturated heterocycles. The summed E-state index contributed by atoms with van der Waals surface area (Å²) in [5.74, 6) is -0.0960. The van der Waals surface area contributed by atoms with Crippen molar-refractivity contribution in [3.8, 4) is 0 Å². The molecule has 1 heterocycles. The topological polar surface area (TPSA) is 76.0 Å². The van der Waals surface area contributed by atoms with Crippen molar-refractivity contribution in [3.63, 3.8) is 0 Å². The van der Waals surface area contributed by atoms with Crippen LogP contribution in [-0.2, 0) is 11.3 Å². The van der Waals surface area contributed by atoms with Gasteiger partial charge in [0.2, 0.25) is 5.91 Å². The molecule has 7 heteroatoms. The van der Waals surface area contributed by atoms with E-state index in [4.69, 9.17) is 11.6 Å². The maximum absolute atomic E-state index is 11.9. The van der Waals surface area contributed by atoms with Crippen molar-refractivity contribution in [1.29, 1.82) is 0 Å². The van der Waals surface area contributed by atoms with Crippen LogP contribution in [0.15, 0.2) is 11.0 Å². The lowest BCUT2D eigenvalue weighted by Gasteiger charge is -2.16. The number of carbonyl (C=O) groups is 1. The van der Waals surface area contributed by atoms with E-state index in [1.54, 1.807) is 6.92 Å². The van der Waals surface area contributed by atoms with Crippen molar-refractivity contribution >= 4 is 23.2 Å². The van der Waals surface area contributed by atoms with E-state index in [2.05, 4.69) is 15.7 Å². The molecule has 0 spiro atoms. The first kappa shape index (κ1) is 14.8. The lowest BCUT2D eigenvalue weighted by molar-refractivity contribution is -0.121. The Morgan fingerprint density at radius 1 is 1.60 bits per heavy atom. The SMILES string of the molecule is CCCn1ncc(NC(C)C(=O)NC2CC2)c(Cl)c1=O. The third kappa shape index (κ3) is 3.50. The highest BCUT2D eigenvalue weighted by Gasteiger charge is 2.26. The van der Waals surface area contributed by atoms with Gasteiger partial charge in [-0.1, -0.05) is 18.5 Å². The fourth-order valence-corrected chi connectivity index (χ4v) is 1.99. The van der Waals surface area contributed by atoms with Crippen LogP contribution in [-0.4, -0.2) is 27.8 Å². The fraction of sp³-hybridized carbons (Fsp3) is 0.615. The summed E-state index contributed by atoms with van der Waals surface area (Å²) in [5, 5.41) is 9.93. The Kier molecular flexibility index (Phi) is 4.65. The fourth-order valence-electron chi connectivity index (χ4n) is 1.79. The number of halogens is 1. The van der Waals surface area contributed by atoms with Crippen molar-refractivity contribution < 1.29 is 4.79 Å². The van der Waals surface area contributed by atoms with Crippen LogP contribution in [0.3, 0.4) is 0 Å². The van der Waals surface area contributed by atoms with E-state index in [1.165, 1.54) is 10.9 Å². The van der Waals surface area contributed by atoms with Gasteiger partial charge in [-0.2, -0.15) is 5.10 Å². The molecule has 1 aliphatic rings. The third-order valence-corrected chi connectivity index (χ3v) is 3.47. The average molecular weight is 299 g/mol. The molecule has 6 nitrogen and oxygen atoms in total. The number of hydrogen-bond acceptors (Lipinski definition) is 4. The van der Waals surface area contributed by atoms with Crippen LogP contribution < -0.4 is 16.2 Å². The monoisotopic (exact) mass is 298 g/mol. The van der Waals surface area contributed by atoms with Crippen LogP contribution in [0.1, 0.15) is 33.1 Å². The molecule has 1 atom stereocenters. The highest BCUT2D eigenvalue weighted by Crippen LogP contribution is 2.20. The summed E-state index contributed by atoms with van der Waals surface area (Å²) in [5.41, 5.74) is 0.0517. The lowest BCUT2D eigenvalue weighted by Crippen LogP contribution is -2.39. The Morgan fingerprint density at radius 3 is 2.90 bits per heavy atom. The second-order valence-corrected chi connectivity index (χ2v) is 5.43. The maximum atomic E-state index is 11.9. The highest BCUT2D eigenvalue weighted by atomic mass is 35.5. The van der Waals surface area contributed by atoms with Crippen LogP contribution in [0.25, 0.3) is 0 Å². The van der Waals surface area contributed by atoms with Crippen LogP contribution >= 0.6 is 11.6 Å². The first-order valence-corrected chi connectivity index (χ1v) is 7.23. The van der Waals surface area contributed by atoms with E-state index >= 15 is 0 Å². The quantitative estimate of drug-likeness (QED) is 0.832. The molecule has 110 valence electrons. The molecule has 0 aromatic carbocycles. The summed E-state index contributed by atoms with van der Waals surface area (Å²) in [6, 6.07) is -0.158. The Bertz CT molecular complexity index is 554. The van der Waals surface area contributed by atoms with Gasteiger partial charge in [0.15, 0.2) is 0 Å². The molecule has 1 saturated carbocycles. The van der Waals surface area contributed by atoms with E-state index in [9.17, 15) is 9.59 Å². The van der Waals surface area contributed by atoms with E-state index in [0.29, 0.717) is 18.3 Å². The smallest absolute Gasteiger partial charge is 0.287 e. The first-order chi connectivity index (χ1) is 9.52. The van der Waals surface area contributed by atoms with Gasteiger partial charge >= 0.3 is 0 Å². The molecule has 2 rings (SSSR count). The molecule has 2 N–H and O–H groups in total. The Balaban J connectivity index is 2.06. The average Bonchev–Trinajstić information content (AvgIpc) is 3.22. The zero-order valence-electron chi connectivity index (χ0n) is 11.6. The Hall–Kier alpha value is -1.56. The van der Waals surface area contributed by atoms with Gasteiger partial charge in [0, 0.05) is 12.6 Å². The number of aromatic nitrogens is 2. The van der Waals surface area contributed by atoms with Crippen LogP contribution in [0.5, 0.6) is 0 Å². The number of hydrogen-bond donors (Lipinski definition) is 2. The number of carbonyl (C=O) groups excluding carboxylic acids is 1. The number of aryl methyl sites for hydroxylation is 1. The number of anilines is 1. The molecular weight excluding hydrogens is 280 g/mol. The highest BCUT2D eigenvalue weighted by molar-refractivity contribution is 6.33. The zero-order valence-corrected chi connectivity index (χ0v) is 12.4. The lowest BCUT2D eigenvalue weighted by atomic mass is 10.3. The van der Waals surface area contributed by atoms with Crippen LogP contribution in [0.4, 0.5) is 5.69 Å². The number of rotatable bonds is 6. The van der Waals surface area contributed by atoms with Gasteiger partial charge in [-0.25, -0.2) is 4.68 Å². The molecule has 0 aliphatic heterocycles. The van der Waals surface area contributed by atoms with Crippen molar-refractivity contribution in [2.45, 2.75) is 51.7 Å². The van der Waals surface area contributed by atoms with Gasteiger partial charge < -0.3 is 10.6 Å². The first-order valence-electron chi connectivity index (χ1n) is 6.85. The maximum Gasteiger partial charge on any atom is 0.287 e. The second kappa shape index (κ2) is 6.26. The Morgan fingerprint density at radius 2 is 2.30 bits per heavy atom. The summed E-state index contributed by atoms with van der Waals surface area (Å²) in [6.07, 6.45) is 4.36. The van der Waals surface area contributed by atoms with E-state index in [-0.39, 0.29) is 16.5 Å². The van der Waals surface area contributed by atoms with Gasteiger partial charge in [-0.3, -0.25) is 9.59 Å². The molecule has 0 bridgehead atoms. The summed E-state index contributed by atoms with van der Waals surface area (Å²) >= 11 is 6.03. The van der Waals surface area contributed by atoms with Gasteiger partial charge in [-0.05, 0) is 26.2 Å². The summed E-state index contributed by atoms with van der Waals surface area (Å²) in [7, 11) is 0. The molecule has 1 fully saturated rings. The Labute approximate surface area is 122 Å². The van der Waals surface area contributed by atoms with Gasteiger partial charge in [0.05, 0.1) is 11.9 Å². The van der Waals surface area contributed by atoms with Gasteiger partial charge in [-0.15, -0.1) is 0 Å². The summed E-state index contributed by atoms with van der Waals surface area (Å²) in [4.78, 5) is 23.8. The molecule has 1 amide bonds. The number of nitrogens with zero attached hydrogens (tertiary/aromatic N) is 2. The molecule has 1 unspecified atom stereocenters. The molecule has 1 aliphatic carbocycles. The normalized spacial score (nSPS) is 15.8. The molecule has 0 radical (unpaired) electrons. The van der Waals surface area contributed by atoms with E-state index in [0.717, 1.165) is 19.3 Å². The largest absolute Gasteiger partial charge is 0.371 e. The molecule has 20 heavy (non-hydrogen) atoms. The second-order valence-electron chi connectivity index (χ2n) is 5.05. The van der Waals surface area contributed by atoms with E-state index < -0.39 is 6.04 Å².